The Kier molecular flexibility index (Phi) is 2.69. The van der Waals surface area contributed by atoms with Crippen LogP contribution in [0.2, 0.25) is 0 Å². The van der Waals surface area contributed by atoms with Gasteiger partial charge in [-0.15, -0.1) is 0 Å². The Morgan fingerprint density at radius 3 is 2.50 bits per heavy atom. The molecule has 1 aromatic heterocycles. The van der Waals surface area contributed by atoms with Gasteiger partial charge in [-0.1, -0.05) is 24.3 Å². The van der Waals surface area contributed by atoms with Crippen molar-refractivity contribution in [2.24, 2.45) is 0 Å². The van der Waals surface area contributed by atoms with Gasteiger partial charge in [0.15, 0.2) is 0 Å². The summed E-state index contributed by atoms with van der Waals surface area (Å²) in [6, 6.07) is 19.8. The molecular formula is C16H13O2+. The van der Waals surface area contributed by atoms with Crippen molar-refractivity contribution in [3.05, 3.63) is 60.7 Å². The molecular weight excluding hydrogens is 224 g/mol. The fraction of sp³-hybridized carbons (Fsp3) is 0.0625. The largest absolute Gasteiger partial charge is 0.496 e. The molecule has 3 rings (SSSR count). The van der Waals surface area contributed by atoms with Gasteiger partial charge in [-0.2, -0.15) is 0 Å². The van der Waals surface area contributed by atoms with Gasteiger partial charge >= 0.3 is 11.3 Å². The van der Waals surface area contributed by atoms with E-state index in [-0.39, 0.29) is 0 Å². The maximum Gasteiger partial charge on any atom is 0.364 e. The average molecular weight is 237 g/mol. The van der Waals surface area contributed by atoms with E-state index >= 15 is 0 Å². The van der Waals surface area contributed by atoms with Gasteiger partial charge in [0.25, 0.3) is 0 Å². The van der Waals surface area contributed by atoms with Crippen LogP contribution in [-0.4, -0.2) is 7.11 Å². The van der Waals surface area contributed by atoms with E-state index in [1.165, 1.54) is 0 Å². The molecule has 0 saturated carbocycles. The minimum Gasteiger partial charge on any atom is -0.496 e. The van der Waals surface area contributed by atoms with Gasteiger partial charge in [0.05, 0.1) is 12.5 Å². The van der Waals surface area contributed by atoms with E-state index < -0.39 is 0 Å². The summed E-state index contributed by atoms with van der Waals surface area (Å²) in [6.45, 7) is 0. The monoisotopic (exact) mass is 237 g/mol. The maximum absolute atomic E-state index is 5.91. The highest BCUT2D eigenvalue weighted by molar-refractivity contribution is 5.79. The molecule has 0 aliphatic heterocycles. The van der Waals surface area contributed by atoms with Gasteiger partial charge in [0, 0.05) is 12.1 Å². The summed E-state index contributed by atoms with van der Waals surface area (Å²) in [5, 5.41) is 1.09. The summed E-state index contributed by atoms with van der Waals surface area (Å²) in [7, 11) is 1.67. The molecule has 0 saturated heterocycles. The van der Waals surface area contributed by atoms with E-state index in [1.807, 2.05) is 54.6 Å². The van der Waals surface area contributed by atoms with Crippen molar-refractivity contribution in [1.29, 1.82) is 0 Å². The number of hydrogen-bond acceptors (Lipinski definition) is 1. The summed E-state index contributed by atoms with van der Waals surface area (Å²) < 4.78 is 11.3. The van der Waals surface area contributed by atoms with Crippen molar-refractivity contribution < 1.29 is 9.15 Å². The van der Waals surface area contributed by atoms with Crippen LogP contribution >= 0.6 is 0 Å². The van der Waals surface area contributed by atoms with Crippen molar-refractivity contribution in [1.82, 2.24) is 0 Å². The molecule has 0 amide bonds. The highest BCUT2D eigenvalue weighted by Crippen LogP contribution is 2.31. The third-order valence-electron chi connectivity index (χ3n) is 2.93. The number of methoxy groups -OCH3 is 1. The molecule has 0 aliphatic rings. The molecule has 0 spiro atoms. The normalized spacial score (nSPS) is 10.5. The van der Waals surface area contributed by atoms with Crippen LogP contribution in [-0.2, 0) is 0 Å². The zero-order valence-electron chi connectivity index (χ0n) is 10.1. The molecule has 0 atom stereocenters. The Hall–Kier alpha value is -2.35. The molecule has 0 N–H and O–H groups in total. The second-order valence-corrected chi connectivity index (χ2v) is 4.04. The van der Waals surface area contributed by atoms with Gasteiger partial charge in [-0.05, 0) is 24.3 Å². The number of para-hydroxylation sites is 2. The minimum atomic E-state index is 0.811. The first-order valence-electron chi connectivity index (χ1n) is 5.84. The van der Waals surface area contributed by atoms with Crippen LogP contribution in [0.25, 0.3) is 22.3 Å². The zero-order valence-corrected chi connectivity index (χ0v) is 10.1. The standard InChI is InChI=1S/C16H13O2/c1-17-15-9-5-3-7-13(15)16-11-10-12-6-2-4-8-14(12)18-16/h2-11H,1H3/q+1. The highest BCUT2D eigenvalue weighted by Gasteiger charge is 2.17. The minimum absolute atomic E-state index is 0.811. The second kappa shape index (κ2) is 4.49. The number of benzene rings is 2. The van der Waals surface area contributed by atoms with Crippen LogP contribution in [0.1, 0.15) is 0 Å². The molecule has 18 heavy (non-hydrogen) atoms. The molecule has 2 heteroatoms. The Balaban J connectivity index is 2.19. The SMILES string of the molecule is COc1ccccc1-c1ccc2ccccc2[o+]1. The Labute approximate surface area is 105 Å². The fourth-order valence-corrected chi connectivity index (χ4v) is 2.02. The van der Waals surface area contributed by atoms with Gasteiger partial charge in [-0.25, -0.2) is 4.42 Å². The molecule has 2 nitrogen and oxygen atoms in total. The van der Waals surface area contributed by atoms with Gasteiger partial charge in [0.2, 0.25) is 0 Å². The quantitative estimate of drug-likeness (QED) is 0.616. The van der Waals surface area contributed by atoms with Crippen LogP contribution in [0.4, 0.5) is 0 Å². The maximum atomic E-state index is 5.91. The summed E-state index contributed by atoms with van der Waals surface area (Å²) in [5.74, 6) is 1.63. The molecule has 88 valence electrons. The van der Waals surface area contributed by atoms with Crippen molar-refractivity contribution in [3.63, 3.8) is 0 Å². The van der Waals surface area contributed by atoms with Crippen LogP contribution in [0.3, 0.4) is 0 Å². The lowest BCUT2D eigenvalue weighted by atomic mass is 10.1. The van der Waals surface area contributed by atoms with Crippen molar-refractivity contribution in [3.8, 4) is 17.1 Å². The van der Waals surface area contributed by atoms with Gasteiger partial charge in [-0.3, -0.25) is 0 Å². The topological polar surface area (TPSA) is 20.5 Å². The van der Waals surface area contributed by atoms with E-state index in [0.717, 1.165) is 28.0 Å². The first-order chi connectivity index (χ1) is 8.88. The lowest BCUT2D eigenvalue weighted by Gasteiger charge is -2.01. The first-order valence-corrected chi connectivity index (χ1v) is 5.84. The molecule has 3 aromatic rings. The smallest absolute Gasteiger partial charge is 0.364 e. The Morgan fingerprint density at radius 2 is 1.61 bits per heavy atom. The fourth-order valence-electron chi connectivity index (χ4n) is 2.02. The summed E-state index contributed by atoms with van der Waals surface area (Å²) >= 11 is 0. The lowest BCUT2D eigenvalue weighted by Crippen LogP contribution is -1.87. The lowest BCUT2D eigenvalue weighted by molar-refractivity contribution is 0.415. The van der Waals surface area contributed by atoms with Crippen molar-refractivity contribution >= 4 is 11.0 Å². The van der Waals surface area contributed by atoms with Crippen molar-refractivity contribution in [2.75, 3.05) is 7.11 Å². The van der Waals surface area contributed by atoms with Gasteiger partial charge < -0.3 is 4.74 Å². The van der Waals surface area contributed by atoms with Crippen LogP contribution in [0, 0.1) is 0 Å². The number of fused-ring (bicyclic) bond motifs is 1. The predicted octanol–water partition coefficient (Wildman–Crippen LogP) is 4.39. The average Bonchev–Trinajstić information content (AvgIpc) is 2.46. The van der Waals surface area contributed by atoms with Crippen LogP contribution < -0.4 is 4.74 Å². The van der Waals surface area contributed by atoms with E-state index in [0.29, 0.717) is 0 Å². The van der Waals surface area contributed by atoms with E-state index in [9.17, 15) is 0 Å². The molecule has 2 aromatic carbocycles. The third-order valence-corrected chi connectivity index (χ3v) is 2.93. The molecule has 0 radical (unpaired) electrons. The van der Waals surface area contributed by atoms with Crippen molar-refractivity contribution in [2.45, 2.75) is 0 Å². The molecule has 0 bridgehead atoms. The molecule has 0 fully saturated rings. The summed E-state index contributed by atoms with van der Waals surface area (Å²) in [5.41, 5.74) is 1.84. The van der Waals surface area contributed by atoms with E-state index in [2.05, 4.69) is 6.07 Å². The van der Waals surface area contributed by atoms with E-state index in [1.54, 1.807) is 7.11 Å². The van der Waals surface area contributed by atoms with Crippen LogP contribution in [0.15, 0.2) is 65.1 Å². The first kappa shape index (κ1) is 10.8. The third kappa shape index (κ3) is 1.82. The Bertz CT molecular complexity index is 689. The highest BCUT2D eigenvalue weighted by atomic mass is 16.5. The predicted molar refractivity (Wildman–Crippen MR) is 72.6 cm³/mol. The molecule has 1 heterocycles. The molecule has 0 aliphatic carbocycles. The van der Waals surface area contributed by atoms with Crippen LogP contribution in [0.5, 0.6) is 5.75 Å². The van der Waals surface area contributed by atoms with Gasteiger partial charge in [0.1, 0.15) is 11.3 Å². The number of rotatable bonds is 2. The summed E-state index contributed by atoms with van der Waals surface area (Å²) in [6.07, 6.45) is 0. The number of ether oxygens (including phenoxy) is 1. The second-order valence-electron chi connectivity index (χ2n) is 4.04. The zero-order chi connectivity index (χ0) is 12.4. The molecule has 0 unspecified atom stereocenters. The Morgan fingerprint density at radius 1 is 0.833 bits per heavy atom. The van der Waals surface area contributed by atoms with E-state index in [4.69, 9.17) is 9.15 Å². The summed E-state index contributed by atoms with van der Waals surface area (Å²) in [4.78, 5) is 0. The number of hydrogen-bond donors (Lipinski definition) is 0.